The number of carbonyl (C=O) groups excluding carboxylic acids is 4. The third-order valence-electron chi connectivity index (χ3n) is 8.90. The first kappa shape index (κ1) is 29.8. The number of Topliss-reactive ketones (excluding diaryl/α,β-unsaturated/α-hetero) is 1. The van der Waals surface area contributed by atoms with E-state index in [4.69, 9.17) is 21.3 Å². The molecule has 222 valence electrons. The molecule has 4 aromatic rings. The van der Waals surface area contributed by atoms with Gasteiger partial charge in [-0.05, 0) is 78.9 Å². The Bertz CT molecular complexity index is 1830. The minimum Gasteiger partial charge on any atom is -0.454 e. The number of esters is 1. The lowest BCUT2D eigenvalue weighted by Gasteiger charge is -2.28. The molecule has 2 bridgehead atoms. The Hall–Kier alpha value is -2.92. The van der Waals surface area contributed by atoms with Crippen LogP contribution in [0.4, 0.5) is 5.69 Å². The van der Waals surface area contributed by atoms with Gasteiger partial charge in [0, 0.05) is 35.7 Å². The largest absolute Gasteiger partial charge is 0.454 e. The number of anilines is 1. The van der Waals surface area contributed by atoms with Crippen molar-refractivity contribution in [1.82, 2.24) is 4.98 Å². The molecule has 11 heteroatoms. The molecule has 1 saturated heterocycles. The topological polar surface area (TPSA) is 93.6 Å². The third kappa shape index (κ3) is 4.94. The van der Waals surface area contributed by atoms with Crippen molar-refractivity contribution >= 4 is 99.5 Å². The molecule has 1 aromatic heterocycles. The molecule has 6 atom stereocenters. The van der Waals surface area contributed by atoms with Gasteiger partial charge in [0.2, 0.25) is 11.8 Å². The Morgan fingerprint density at radius 2 is 1.52 bits per heavy atom. The van der Waals surface area contributed by atoms with Crippen molar-refractivity contribution in [3.05, 3.63) is 93.4 Å². The Morgan fingerprint density at radius 1 is 0.886 bits per heavy atom. The van der Waals surface area contributed by atoms with E-state index in [-0.39, 0.29) is 56.5 Å². The van der Waals surface area contributed by atoms with E-state index in [1.165, 1.54) is 4.90 Å². The van der Waals surface area contributed by atoms with E-state index in [0.29, 0.717) is 38.4 Å². The quantitative estimate of drug-likeness (QED) is 0.0862. The summed E-state index contributed by atoms with van der Waals surface area (Å²) in [6, 6.07) is 20.4. The summed E-state index contributed by atoms with van der Waals surface area (Å²) in [6.45, 7) is -0.435. The molecule has 2 saturated carbocycles. The fraction of sp³-hybridized carbons (Fsp3) is 0.242. The van der Waals surface area contributed by atoms with Gasteiger partial charge in [0.25, 0.3) is 0 Å². The van der Waals surface area contributed by atoms with Crippen molar-refractivity contribution in [3.63, 3.8) is 0 Å². The summed E-state index contributed by atoms with van der Waals surface area (Å²) < 4.78 is 6.20. The zero-order valence-electron chi connectivity index (χ0n) is 22.8. The second-order valence-electron chi connectivity index (χ2n) is 11.3. The Kier molecular flexibility index (Phi) is 7.76. The summed E-state index contributed by atoms with van der Waals surface area (Å²) in [7, 11) is 0. The Balaban J connectivity index is 1.16. The van der Waals surface area contributed by atoms with Gasteiger partial charge in [0.15, 0.2) is 12.4 Å². The molecule has 0 N–H and O–H groups in total. The number of aromatic nitrogens is 1. The molecule has 2 heterocycles. The first-order valence-electron chi connectivity index (χ1n) is 13.9. The molecule has 2 aliphatic carbocycles. The van der Waals surface area contributed by atoms with Crippen LogP contribution in [-0.2, 0) is 14.3 Å². The van der Waals surface area contributed by atoms with Gasteiger partial charge < -0.3 is 4.74 Å². The first-order chi connectivity index (χ1) is 21.1. The molecule has 2 amide bonds. The number of hydrogen-bond donors (Lipinski definition) is 0. The van der Waals surface area contributed by atoms with E-state index in [1.54, 1.807) is 66.7 Å². The molecule has 3 aromatic carbocycles. The fourth-order valence-electron chi connectivity index (χ4n) is 6.83. The van der Waals surface area contributed by atoms with E-state index in [0.717, 1.165) is 10.9 Å². The van der Waals surface area contributed by atoms with E-state index < -0.39 is 12.6 Å². The van der Waals surface area contributed by atoms with Gasteiger partial charge in [0.1, 0.15) is 0 Å². The van der Waals surface area contributed by atoms with Gasteiger partial charge in [-0.2, -0.15) is 0 Å². The number of rotatable bonds is 6. The molecular formula is C33H22Br3ClN2O5. The highest BCUT2D eigenvalue weighted by Crippen LogP contribution is 2.60. The van der Waals surface area contributed by atoms with Gasteiger partial charge in [-0.15, -0.1) is 0 Å². The van der Waals surface area contributed by atoms with Crippen LogP contribution in [0.5, 0.6) is 0 Å². The molecule has 7 nitrogen and oxygen atoms in total. The maximum atomic E-state index is 13.5. The highest BCUT2D eigenvalue weighted by Gasteiger charge is 2.66. The summed E-state index contributed by atoms with van der Waals surface area (Å²) >= 11 is 16.8. The number of fused-ring (bicyclic) bond motifs is 6. The summed E-state index contributed by atoms with van der Waals surface area (Å²) in [5.41, 5.74) is 2.90. The average Bonchev–Trinajstić information content (AvgIpc) is 3.64. The standard InChI is InChI=1S/C33H22Br3ClN2O5/c34-17-5-10-24-20(11-17)21(33(43)44-14-26(40)16-1-6-18(37)7-2-16)13-25(38-24)15-3-8-19(9-4-15)39-31(41)27-22-12-23(28(27)32(39)42)30(36)29(22)35/h1-11,13,22-23,27-30H,12,14H2. The van der Waals surface area contributed by atoms with Crippen LogP contribution >= 0.6 is 59.4 Å². The van der Waals surface area contributed by atoms with Crippen LogP contribution in [0.15, 0.2) is 77.3 Å². The van der Waals surface area contributed by atoms with E-state index in [9.17, 15) is 19.2 Å². The monoisotopic (exact) mass is 798 g/mol. The number of alkyl halides is 2. The van der Waals surface area contributed by atoms with Gasteiger partial charge >= 0.3 is 5.97 Å². The lowest BCUT2D eigenvalue weighted by molar-refractivity contribution is -0.123. The van der Waals surface area contributed by atoms with Crippen molar-refractivity contribution in [2.75, 3.05) is 11.5 Å². The summed E-state index contributed by atoms with van der Waals surface area (Å²) in [5, 5.41) is 1.06. The van der Waals surface area contributed by atoms with Crippen LogP contribution in [-0.4, -0.2) is 44.8 Å². The second kappa shape index (κ2) is 11.5. The molecule has 6 unspecified atom stereocenters. The number of halogens is 4. The molecule has 0 radical (unpaired) electrons. The van der Waals surface area contributed by atoms with E-state index in [1.807, 2.05) is 6.07 Å². The van der Waals surface area contributed by atoms with Crippen molar-refractivity contribution in [1.29, 1.82) is 0 Å². The molecule has 7 rings (SSSR count). The van der Waals surface area contributed by atoms with Crippen LogP contribution in [0.1, 0.15) is 27.1 Å². The SMILES string of the molecule is O=C(COC(=O)c1cc(-c2ccc(N3C(=O)C4C5CC(C(Br)C5Br)C4C3=O)cc2)nc2ccc(Br)cc12)c1ccc(Cl)cc1. The average molecular weight is 802 g/mol. The van der Waals surface area contributed by atoms with Crippen LogP contribution in [0.2, 0.25) is 5.02 Å². The number of benzene rings is 3. The number of ketones is 1. The van der Waals surface area contributed by atoms with E-state index in [2.05, 4.69) is 47.8 Å². The lowest BCUT2D eigenvalue weighted by Crippen LogP contribution is -2.37. The molecule has 3 aliphatic rings. The van der Waals surface area contributed by atoms with Gasteiger partial charge in [-0.3, -0.25) is 19.3 Å². The number of imide groups is 1. The van der Waals surface area contributed by atoms with Crippen molar-refractivity contribution in [2.24, 2.45) is 23.7 Å². The zero-order chi connectivity index (χ0) is 30.9. The summed E-state index contributed by atoms with van der Waals surface area (Å²) in [4.78, 5) is 59.3. The minimum atomic E-state index is -0.666. The number of amides is 2. The lowest BCUT2D eigenvalue weighted by atomic mass is 9.81. The molecule has 0 spiro atoms. The fourth-order valence-corrected chi connectivity index (χ4v) is 9.19. The van der Waals surface area contributed by atoms with Crippen LogP contribution in [0, 0.1) is 23.7 Å². The predicted molar refractivity (Wildman–Crippen MR) is 177 cm³/mol. The van der Waals surface area contributed by atoms with Gasteiger partial charge in [0.05, 0.1) is 34.3 Å². The van der Waals surface area contributed by atoms with Crippen LogP contribution < -0.4 is 4.90 Å². The minimum absolute atomic E-state index is 0.136. The van der Waals surface area contributed by atoms with Gasteiger partial charge in [-0.1, -0.05) is 71.5 Å². The number of carbonyl (C=O) groups is 4. The van der Waals surface area contributed by atoms with Gasteiger partial charge in [-0.25, -0.2) is 9.78 Å². The third-order valence-corrected chi connectivity index (χ3v) is 12.9. The van der Waals surface area contributed by atoms with E-state index >= 15 is 0 Å². The normalized spacial score (nSPS) is 25.5. The molecule has 44 heavy (non-hydrogen) atoms. The maximum absolute atomic E-state index is 13.5. The summed E-state index contributed by atoms with van der Waals surface area (Å²) in [6.07, 6.45) is 0.871. The number of pyridine rings is 1. The van der Waals surface area contributed by atoms with Crippen LogP contribution in [0.25, 0.3) is 22.2 Å². The smallest absolute Gasteiger partial charge is 0.339 e. The summed E-state index contributed by atoms with van der Waals surface area (Å²) in [5.74, 6) is -1.63. The number of ether oxygens (including phenoxy) is 1. The molecule has 3 fully saturated rings. The maximum Gasteiger partial charge on any atom is 0.339 e. The number of hydrogen-bond acceptors (Lipinski definition) is 6. The predicted octanol–water partition coefficient (Wildman–Crippen LogP) is 7.64. The first-order valence-corrected chi connectivity index (χ1v) is 16.9. The van der Waals surface area contributed by atoms with Crippen molar-refractivity contribution in [2.45, 2.75) is 16.1 Å². The Morgan fingerprint density at radius 3 is 2.16 bits per heavy atom. The molecule has 1 aliphatic heterocycles. The zero-order valence-corrected chi connectivity index (χ0v) is 28.3. The number of nitrogens with zero attached hydrogens (tertiary/aromatic N) is 2. The highest BCUT2D eigenvalue weighted by molar-refractivity contribution is 9.12. The van der Waals surface area contributed by atoms with Crippen molar-refractivity contribution < 1.29 is 23.9 Å². The van der Waals surface area contributed by atoms with Crippen molar-refractivity contribution in [3.8, 4) is 11.3 Å². The highest BCUT2D eigenvalue weighted by atomic mass is 79.9. The van der Waals surface area contributed by atoms with Crippen LogP contribution in [0.3, 0.4) is 0 Å². The molecular weight excluding hydrogens is 780 g/mol. The second-order valence-corrected chi connectivity index (χ2v) is 14.8. The Labute approximate surface area is 282 Å².